The highest BCUT2D eigenvalue weighted by Gasteiger charge is 2.00. The molecule has 0 amide bonds. The van der Waals surface area contributed by atoms with Crippen molar-refractivity contribution < 1.29 is 0 Å². The molecule has 1 aromatic heterocycles. The van der Waals surface area contributed by atoms with Gasteiger partial charge in [-0.15, -0.1) is 0 Å². The van der Waals surface area contributed by atoms with E-state index in [9.17, 15) is 0 Å². The summed E-state index contributed by atoms with van der Waals surface area (Å²) in [6.45, 7) is 3.40. The normalized spacial score (nSPS) is 9.92. The van der Waals surface area contributed by atoms with Crippen LogP contribution in [0.3, 0.4) is 0 Å². The van der Waals surface area contributed by atoms with Crippen LogP contribution in [-0.2, 0) is 6.54 Å². The fourth-order valence-electron chi connectivity index (χ4n) is 0.963. The third kappa shape index (κ3) is 2.19. The number of anilines is 1. The molecule has 66 valence electrons. The number of aromatic nitrogens is 1. The quantitative estimate of drug-likeness (QED) is 0.831. The van der Waals surface area contributed by atoms with E-state index in [1.165, 1.54) is 0 Å². The van der Waals surface area contributed by atoms with Crippen molar-refractivity contribution in [2.24, 2.45) is 5.73 Å². The number of nitrogens with zero attached hydrogens (tertiary/aromatic N) is 1. The Kier molecular flexibility index (Phi) is 3.49. The topological polar surface area (TPSA) is 50.9 Å². The molecule has 0 saturated heterocycles. The van der Waals surface area contributed by atoms with Crippen LogP contribution >= 0.6 is 15.9 Å². The molecule has 0 aromatic carbocycles. The van der Waals surface area contributed by atoms with Crippen molar-refractivity contribution in [3.8, 4) is 0 Å². The molecule has 0 aliphatic rings. The van der Waals surface area contributed by atoms with Crippen LogP contribution in [-0.4, -0.2) is 11.5 Å². The Morgan fingerprint density at radius 2 is 2.42 bits per heavy atom. The molecule has 0 atom stereocenters. The summed E-state index contributed by atoms with van der Waals surface area (Å²) in [4.78, 5) is 4.20. The maximum atomic E-state index is 5.55. The van der Waals surface area contributed by atoms with Gasteiger partial charge in [0, 0.05) is 29.3 Å². The Balaban J connectivity index is 2.94. The predicted octanol–water partition coefficient (Wildman–Crippen LogP) is 1.73. The van der Waals surface area contributed by atoms with Crippen LogP contribution in [0.15, 0.2) is 16.7 Å². The van der Waals surface area contributed by atoms with Gasteiger partial charge in [0.2, 0.25) is 0 Å². The van der Waals surface area contributed by atoms with E-state index in [0.29, 0.717) is 6.54 Å². The van der Waals surface area contributed by atoms with Gasteiger partial charge in [-0.2, -0.15) is 0 Å². The van der Waals surface area contributed by atoms with Gasteiger partial charge in [0.15, 0.2) is 0 Å². The van der Waals surface area contributed by atoms with E-state index >= 15 is 0 Å². The number of nitrogens with one attached hydrogen (secondary N) is 1. The number of hydrogen-bond donors (Lipinski definition) is 2. The highest BCUT2D eigenvalue weighted by Crippen LogP contribution is 2.16. The standard InChI is InChI=1S/C8H12BrN3/c1-2-11-8-6(4-10)3-7(9)5-12-8/h3,5H,2,4,10H2,1H3,(H,11,12). The molecule has 0 spiro atoms. The first kappa shape index (κ1) is 9.48. The van der Waals surface area contributed by atoms with Crippen LogP contribution < -0.4 is 11.1 Å². The Morgan fingerprint density at radius 3 is 3.00 bits per heavy atom. The van der Waals surface area contributed by atoms with Crippen molar-refractivity contribution in [3.63, 3.8) is 0 Å². The van der Waals surface area contributed by atoms with E-state index in [-0.39, 0.29) is 0 Å². The van der Waals surface area contributed by atoms with Gasteiger partial charge in [0.1, 0.15) is 5.82 Å². The van der Waals surface area contributed by atoms with Crippen molar-refractivity contribution in [3.05, 3.63) is 22.3 Å². The second kappa shape index (κ2) is 4.42. The predicted molar refractivity (Wildman–Crippen MR) is 54.0 cm³/mol. The third-order valence-corrected chi connectivity index (χ3v) is 1.93. The zero-order valence-corrected chi connectivity index (χ0v) is 8.56. The molecule has 3 N–H and O–H groups in total. The highest BCUT2D eigenvalue weighted by atomic mass is 79.9. The number of rotatable bonds is 3. The van der Waals surface area contributed by atoms with Crippen molar-refractivity contribution in [1.29, 1.82) is 0 Å². The monoisotopic (exact) mass is 229 g/mol. The number of halogens is 1. The van der Waals surface area contributed by atoms with Gasteiger partial charge in [-0.25, -0.2) is 4.98 Å². The summed E-state index contributed by atoms with van der Waals surface area (Å²) < 4.78 is 0.963. The molecule has 3 nitrogen and oxygen atoms in total. The van der Waals surface area contributed by atoms with Gasteiger partial charge in [0.25, 0.3) is 0 Å². The number of pyridine rings is 1. The minimum absolute atomic E-state index is 0.509. The fraction of sp³-hybridized carbons (Fsp3) is 0.375. The second-order valence-corrected chi connectivity index (χ2v) is 3.31. The van der Waals surface area contributed by atoms with E-state index in [4.69, 9.17) is 5.73 Å². The van der Waals surface area contributed by atoms with E-state index in [0.717, 1.165) is 22.4 Å². The van der Waals surface area contributed by atoms with Crippen LogP contribution in [0, 0.1) is 0 Å². The lowest BCUT2D eigenvalue weighted by Gasteiger charge is -2.07. The average Bonchev–Trinajstić information content (AvgIpc) is 2.08. The molecule has 0 aliphatic heterocycles. The Hall–Kier alpha value is -0.610. The van der Waals surface area contributed by atoms with Gasteiger partial charge in [-0.3, -0.25) is 0 Å². The van der Waals surface area contributed by atoms with E-state index < -0.39 is 0 Å². The molecule has 0 bridgehead atoms. The summed E-state index contributed by atoms with van der Waals surface area (Å²) in [5.41, 5.74) is 6.58. The number of hydrogen-bond acceptors (Lipinski definition) is 3. The van der Waals surface area contributed by atoms with Gasteiger partial charge in [-0.1, -0.05) is 0 Å². The summed E-state index contributed by atoms with van der Waals surface area (Å²) in [5, 5.41) is 3.14. The van der Waals surface area contributed by atoms with Crippen LogP contribution in [0.25, 0.3) is 0 Å². The lowest BCUT2D eigenvalue weighted by atomic mass is 10.2. The van der Waals surface area contributed by atoms with Crippen LogP contribution in [0.1, 0.15) is 12.5 Å². The Morgan fingerprint density at radius 1 is 1.67 bits per heavy atom. The second-order valence-electron chi connectivity index (χ2n) is 2.40. The van der Waals surface area contributed by atoms with Crippen molar-refractivity contribution in [1.82, 2.24) is 4.98 Å². The summed E-state index contributed by atoms with van der Waals surface area (Å²) in [6.07, 6.45) is 1.76. The van der Waals surface area contributed by atoms with Gasteiger partial charge >= 0.3 is 0 Å². The van der Waals surface area contributed by atoms with Crippen LogP contribution in [0.4, 0.5) is 5.82 Å². The van der Waals surface area contributed by atoms with Crippen LogP contribution in [0.5, 0.6) is 0 Å². The summed E-state index contributed by atoms with van der Waals surface area (Å²) in [5.74, 6) is 0.878. The minimum Gasteiger partial charge on any atom is -0.370 e. The van der Waals surface area contributed by atoms with Gasteiger partial charge in [-0.05, 0) is 28.9 Å². The number of nitrogens with two attached hydrogens (primary N) is 1. The summed E-state index contributed by atoms with van der Waals surface area (Å²) >= 11 is 3.34. The molecule has 0 radical (unpaired) electrons. The molecular formula is C8H12BrN3. The van der Waals surface area contributed by atoms with Crippen molar-refractivity contribution in [2.45, 2.75) is 13.5 Å². The van der Waals surface area contributed by atoms with Gasteiger partial charge < -0.3 is 11.1 Å². The first-order valence-electron chi connectivity index (χ1n) is 3.86. The molecule has 0 fully saturated rings. The lowest BCUT2D eigenvalue weighted by Crippen LogP contribution is -2.06. The smallest absolute Gasteiger partial charge is 0.130 e. The Labute approximate surface area is 80.5 Å². The SMILES string of the molecule is CCNc1ncc(Br)cc1CN. The van der Waals surface area contributed by atoms with E-state index in [1.54, 1.807) is 6.20 Å². The first-order chi connectivity index (χ1) is 5.77. The molecule has 0 unspecified atom stereocenters. The first-order valence-corrected chi connectivity index (χ1v) is 4.65. The molecule has 1 rings (SSSR count). The maximum absolute atomic E-state index is 5.55. The Bertz CT molecular complexity index is 262. The maximum Gasteiger partial charge on any atom is 0.130 e. The molecule has 0 saturated carbocycles. The third-order valence-electron chi connectivity index (χ3n) is 1.50. The zero-order chi connectivity index (χ0) is 8.97. The van der Waals surface area contributed by atoms with E-state index in [1.807, 2.05) is 13.0 Å². The fourth-order valence-corrected chi connectivity index (χ4v) is 1.34. The summed E-state index contributed by atoms with van der Waals surface area (Å²) in [6, 6.07) is 1.98. The van der Waals surface area contributed by atoms with Crippen molar-refractivity contribution in [2.75, 3.05) is 11.9 Å². The molecule has 1 aromatic rings. The van der Waals surface area contributed by atoms with Crippen LogP contribution in [0.2, 0.25) is 0 Å². The highest BCUT2D eigenvalue weighted by molar-refractivity contribution is 9.10. The molecular weight excluding hydrogens is 218 g/mol. The molecule has 12 heavy (non-hydrogen) atoms. The summed E-state index contributed by atoms with van der Waals surface area (Å²) in [7, 11) is 0. The minimum atomic E-state index is 0.509. The van der Waals surface area contributed by atoms with Gasteiger partial charge in [0.05, 0.1) is 0 Å². The van der Waals surface area contributed by atoms with E-state index in [2.05, 4.69) is 26.2 Å². The molecule has 1 heterocycles. The lowest BCUT2D eigenvalue weighted by molar-refractivity contribution is 1.03. The van der Waals surface area contributed by atoms with Crippen molar-refractivity contribution >= 4 is 21.7 Å². The average molecular weight is 230 g/mol. The molecule has 0 aliphatic carbocycles. The zero-order valence-electron chi connectivity index (χ0n) is 6.97. The largest absolute Gasteiger partial charge is 0.370 e. The molecule has 4 heteroatoms.